The van der Waals surface area contributed by atoms with E-state index < -0.39 is 0 Å². The zero-order valence-electron chi connectivity index (χ0n) is 18.2. The van der Waals surface area contributed by atoms with E-state index in [0.29, 0.717) is 27.6 Å². The number of amides is 2. The summed E-state index contributed by atoms with van der Waals surface area (Å²) in [6.07, 6.45) is 5.36. The van der Waals surface area contributed by atoms with Crippen molar-refractivity contribution >= 4 is 46.4 Å². The molecule has 8 heteroatoms. The van der Waals surface area contributed by atoms with Gasteiger partial charge in [0.1, 0.15) is 5.75 Å². The third-order valence-corrected chi connectivity index (χ3v) is 5.66. The lowest BCUT2D eigenvalue weighted by Crippen LogP contribution is -2.36. The van der Waals surface area contributed by atoms with E-state index in [0.717, 1.165) is 25.7 Å². The van der Waals surface area contributed by atoms with E-state index in [1.54, 1.807) is 42.5 Å². The van der Waals surface area contributed by atoms with Gasteiger partial charge < -0.3 is 15.4 Å². The lowest BCUT2D eigenvalue weighted by molar-refractivity contribution is 0.0926. The average Bonchev–Trinajstić information content (AvgIpc) is 2.75. The molecular weight excluding hydrogens is 446 g/mol. The largest absolute Gasteiger partial charge is 0.490 e. The summed E-state index contributed by atoms with van der Waals surface area (Å²) < 4.78 is 5.70. The van der Waals surface area contributed by atoms with Crippen LogP contribution in [0.2, 0.25) is 5.02 Å². The number of carbonyl (C=O) groups is 2. The van der Waals surface area contributed by atoms with Gasteiger partial charge in [0, 0.05) is 11.7 Å². The topological polar surface area (TPSA) is 79.5 Å². The van der Waals surface area contributed by atoms with E-state index in [4.69, 9.17) is 28.6 Å². The lowest BCUT2D eigenvalue weighted by atomic mass is 9.95. The standard InChI is InChI=1S/C24H28ClN3O3S/c1-15(2)31-21-11-7-6-10-18(21)22(29)28-24(32)27-17-12-13-20(25)19(14-17)23(30)26-16-8-4-3-5-9-16/h6-7,10-16H,3-5,8-9H2,1-2H3,(H,26,30)(H2,27,28,29,32). The minimum atomic E-state index is -0.386. The van der Waals surface area contributed by atoms with Gasteiger partial charge in [0.25, 0.3) is 11.8 Å². The van der Waals surface area contributed by atoms with Crippen molar-refractivity contribution in [1.29, 1.82) is 0 Å². The number of halogens is 1. The maximum absolute atomic E-state index is 12.7. The zero-order valence-corrected chi connectivity index (χ0v) is 19.8. The monoisotopic (exact) mass is 473 g/mol. The van der Waals surface area contributed by atoms with Crippen molar-refractivity contribution in [3.8, 4) is 5.75 Å². The average molecular weight is 474 g/mol. The number of benzene rings is 2. The Hall–Kier alpha value is -2.64. The molecule has 32 heavy (non-hydrogen) atoms. The van der Waals surface area contributed by atoms with E-state index in [9.17, 15) is 9.59 Å². The Balaban J connectivity index is 1.64. The molecule has 0 aromatic heterocycles. The summed E-state index contributed by atoms with van der Waals surface area (Å²) >= 11 is 11.6. The third kappa shape index (κ3) is 6.68. The summed E-state index contributed by atoms with van der Waals surface area (Å²) in [6.45, 7) is 3.78. The number of ether oxygens (including phenoxy) is 1. The van der Waals surface area contributed by atoms with Gasteiger partial charge in [0.2, 0.25) is 0 Å². The van der Waals surface area contributed by atoms with Crippen molar-refractivity contribution in [2.75, 3.05) is 5.32 Å². The van der Waals surface area contributed by atoms with E-state index >= 15 is 0 Å². The molecule has 1 aliphatic rings. The SMILES string of the molecule is CC(C)Oc1ccccc1C(=O)NC(=S)Nc1ccc(Cl)c(C(=O)NC2CCCCC2)c1. The number of para-hydroxylation sites is 1. The number of nitrogens with one attached hydrogen (secondary N) is 3. The predicted octanol–water partition coefficient (Wildman–Crippen LogP) is 5.32. The maximum Gasteiger partial charge on any atom is 0.261 e. The second-order valence-electron chi connectivity index (χ2n) is 8.07. The number of anilines is 1. The van der Waals surface area contributed by atoms with Gasteiger partial charge in [-0.3, -0.25) is 14.9 Å². The summed E-state index contributed by atoms with van der Waals surface area (Å²) in [5, 5.41) is 9.14. The van der Waals surface area contributed by atoms with Gasteiger partial charge in [-0.1, -0.05) is 43.0 Å². The molecule has 0 aliphatic heterocycles. The Kier molecular flexibility index (Phi) is 8.47. The highest BCUT2D eigenvalue weighted by Crippen LogP contribution is 2.23. The Morgan fingerprint density at radius 3 is 2.47 bits per heavy atom. The first kappa shape index (κ1) is 24.0. The van der Waals surface area contributed by atoms with Gasteiger partial charge in [-0.15, -0.1) is 0 Å². The van der Waals surface area contributed by atoms with Crippen molar-refractivity contribution in [2.24, 2.45) is 0 Å². The van der Waals surface area contributed by atoms with Gasteiger partial charge in [0.15, 0.2) is 5.11 Å². The van der Waals surface area contributed by atoms with Crippen LogP contribution in [0.25, 0.3) is 0 Å². The molecule has 170 valence electrons. The minimum absolute atomic E-state index is 0.0683. The second-order valence-corrected chi connectivity index (χ2v) is 8.89. The van der Waals surface area contributed by atoms with Crippen molar-refractivity contribution in [1.82, 2.24) is 10.6 Å². The van der Waals surface area contributed by atoms with E-state index in [1.165, 1.54) is 6.42 Å². The molecule has 0 bridgehead atoms. The number of hydrogen-bond donors (Lipinski definition) is 3. The zero-order chi connectivity index (χ0) is 23.1. The fourth-order valence-electron chi connectivity index (χ4n) is 3.63. The van der Waals surface area contributed by atoms with Gasteiger partial charge in [-0.2, -0.15) is 0 Å². The van der Waals surface area contributed by atoms with Gasteiger partial charge in [0.05, 0.1) is 22.3 Å². The molecular formula is C24H28ClN3O3S. The molecule has 2 aromatic carbocycles. The van der Waals surface area contributed by atoms with Crippen LogP contribution in [0.5, 0.6) is 5.75 Å². The molecule has 3 rings (SSSR count). The minimum Gasteiger partial charge on any atom is -0.490 e. The second kappa shape index (κ2) is 11.3. The highest BCUT2D eigenvalue weighted by Gasteiger charge is 2.19. The molecule has 6 nitrogen and oxygen atoms in total. The highest BCUT2D eigenvalue weighted by atomic mass is 35.5. The van der Waals surface area contributed by atoms with Crippen LogP contribution in [0.1, 0.15) is 66.7 Å². The molecule has 2 amide bonds. The third-order valence-electron chi connectivity index (χ3n) is 5.13. The Morgan fingerprint density at radius 1 is 1.03 bits per heavy atom. The van der Waals surface area contributed by atoms with Gasteiger partial charge in [-0.25, -0.2) is 0 Å². The number of hydrogen-bond acceptors (Lipinski definition) is 4. The molecule has 1 fully saturated rings. The fraction of sp³-hybridized carbons (Fsp3) is 0.375. The Labute approximate surface area is 199 Å². The van der Waals surface area contributed by atoms with Crippen molar-refractivity contribution in [3.63, 3.8) is 0 Å². The highest BCUT2D eigenvalue weighted by molar-refractivity contribution is 7.80. The van der Waals surface area contributed by atoms with E-state index in [2.05, 4.69) is 16.0 Å². The van der Waals surface area contributed by atoms with E-state index in [-0.39, 0.29) is 29.1 Å². The predicted molar refractivity (Wildman–Crippen MR) is 132 cm³/mol. The van der Waals surface area contributed by atoms with Crippen LogP contribution < -0.4 is 20.7 Å². The summed E-state index contributed by atoms with van der Waals surface area (Å²) in [6, 6.07) is 12.1. The molecule has 0 saturated heterocycles. The summed E-state index contributed by atoms with van der Waals surface area (Å²) in [7, 11) is 0. The first-order valence-corrected chi connectivity index (χ1v) is 11.6. The maximum atomic E-state index is 12.7. The Bertz CT molecular complexity index is 990. The molecule has 0 atom stereocenters. The summed E-state index contributed by atoms with van der Waals surface area (Å²) in [5.74, 6) is -0.112. The summed E-state index contributed by atoms with van der Waals surface area (Å²) in [5.41, 5.74) is 1.31. The number of rotatable bonds is 6. The van der Waals surface area contributed by atoms with Crippen molar-refractivity contribution < 1.29 is 14.3 Å². The van der Waals surface area contributed by atoms with Gasteiger partial charge in [-0.05, 0) is 69.2 Å². The molecule has 1 aliphatic carbocycles. The van der Waals surface area contributed by atoms with Crippen LogP contribution in [0.3, 0.4) is 0 Å². The van der Waals surface area contributed by atoms with E-state index in [1.807, 2.05) is 13.8 Å². The number of thiocarbonyl (C=S) groups is 1. The van der Waals surface area contributed by atoms with Crippen LogP contribution in [-0.4, -0.2) is 29.1 Å². The van der Waals surface area contributed by atoms with Crippen molar-refractivity contribution in [2.45, 2.75) is 58.1 Å². The molecule has 1 saturated carbocycles. The smallest absolute Gasteiger partial charge is 0.261 e. The molecule has 2 aromatic rings. The quantitative estimate of drug-likeness (QED) is 0.495. The molecule has 0 spiro atoms. The molecule has 0 radical (unpaired) electrons. The van der Waals surface area contributed by atoms with Crippen LogP contribution in [0.15, 0.2) is 42.5 Å². The molecule has 3 N–H and O–H groups in total. The van der Waals surface area contributed by atoms with Crippen LogP contribution in [0, 0.1) is 0 Å². The molecule has 0 unspecified atom stereocenters. The van der Waals surface area contributed by atoms with Crippen molar-refractivity contribution in [3.05, 3.63) is 58.6 Å². The fourth-order valence-corrected chi connectivity index (χ4v) is 4.04. The summed E-state index contributed by atoms with van der Waals surface area (Å²) in [4.78, 5) is 25.4. The van der Waals surface area contributed by atoms with Crippen LogP contribution in [-0.2, 0) is 0 Å². The first-order chi connectivity index (χ1) is 15.3. The van der Waals surface area contributed by atoms with Gasteiger partial charge >= 0.3 is 0 Å². The first-order valence-electron chi connectivity index (χ1n) is 10.8. The normalized spacial score (nSPS) is 14.0. The Morgan fingerprint density at radius 2 is 1.75 bits per heavy atom. The number of carbonyl (C=O) groups excluding carboxylic acids is 2. The lowest BCUT2D eigenvalue weighted by Gasteiger charge is -2.23. The van der Waals surface area contributed by atoms with Crippen LogP contribution >= 0.6 is 23.8 Å². The van der Waals surface area contributed by atoms with Crippen LogP contribution in [0.4, 0.5) is 5.69 Å². The molecule has 0 heterocycles.